The molecule has 0 bridgehead atoms. The van der Waals surface area contributed by atoms with E-state index in [1.54, 1.807) is 6.07 Å². The summed E-state index contributed by atoms with van der Waals surface area (Å²) < 4.78 is 11.6. The summed E-state index contributed by atoms with van der Waals surface area (Å²) in [4.78, 5) is 15.3. The number of aromatic nitrogens is 2. The van der Waals surface area contributed by atoms with E-state index in [9.17, 15) is 4.79 Å². The number of carbonyl (C=O) groups is 1. The highest BCUT2D eigenvalue weighted by Gasteiger charge is 2.11. The molecule has 0 unspecified atom stereocenters. The van der Waals surface area contributed by atoms with Crippen LogP contribution in [0, 0.1) is 6.92 Å². The van der Waals surface area contributed by atoms with Crippen molar-refractivity contribution in [3.05, 3.63) is 39.4 Å². The lowest BCUT2D eigenvalue weighted by molar-refractivity contribution is 0.111. The van der Waals surface area contributed by atoms with Crippen molar-refractivity contribution in [1.82, 2.24) is 10.1 Å². The predicted molar refractivity (Wildman–Crippen MR) is 76.9 cm³/mol. The standard InChI is InChI=1S/C14H15BrN2O3/c1-3-4-13-16-12(17-20-13)8-19-14-9(2)5-11(15)6-10(14)7-18/h5-7H,3-4,8H2,1-2H3. The van der Waals surface area contributed by atoms with Crippen LogP contribution in [0.4, 0.5) is 0 Å². The Balaban J connectivity index is 2.11. The van der Waals surface area contributed by atoms with Gasteiger partial charge in [0, 0.05) is 10.9 Å². The highest BCUT2D eigenvalue weighted by molar-refractivity contribution is 9.10. The molecule has 2 rings (SSSR count). The van der Waals surface area contributed by atoms with Crippen molar-refractivity contribution in [2.45, 2.75) is 33.3 Å². The minimum atomic E-state index is 0.177. The molecular weight excluding hydrogens is 324 g/mol. The molecule has 0 amide bonds. The van der Waals surface area contributed by atoms with Crippen molar-refractivity contribution in [1.29, 1.82) is 0 Å². The quantitative estimate of drug-likeness (QED) is 0.754. The fourth-order valence-electron chi connectivity index (χ4n) is 1.84. The topological polar surface area (TPSA) is 65.2 Å². The highest BCUT2D eigenvalue weighted by atomic mass is 79.9. The molecule has 0 radical (unpaired) electrons. The van der Waals surface area contributed by atoms with Gasteiger partial charge in [-0.25, -0.2) is 0 Å². The van der Waals surface area contributed by atoms with Gasteiger partial charge in [0.2, 0.25) is 11.7 Å². The van der Waals surface area contributed by atoms with Crippen molar-refractivity contribution in [2.75, 3.05) is 0 Å². The van der Waals surface area contributed by atoms with Crippen LogP contribution < -0.4 is 4.74 Å². The van der Waals surface area contributed by atoms with E-state index in [0.717, 1.165) is 29.2 Å². The Hall–Kier alpha value is -1.69. The van der Waals surface area contributed by atoms with Gasteiger partial charge in [-0.15, -0.1) is 0 Å². The lowest BCUT2D eigenvalue weighted by Crippen LogP contribution is -2.02. The second-order valence-corrected chi connectivity index (χ2v) is 5.32. The minimum Gasteiger partial charge on any atom is -0.484 e. The molecule has 106 valence electrons. The number of aryl methyl sites for hydroxylation is 2. The second-order valence-electron chi connectivity index (χ2n) is 4.40. The smallest absolute Gasteiger partial charge is 0.226 e. The minimum absolute atomic E-state index is 0.177. The molecule has 0 N–H and O–H groups in total. The van der Waals surface area contributed by atoms with Crippen molar-refractivity contribution in [3.63, 3.8) is 0 Å². The summed E-state index contributed by atoms with van der Waals surface area (Å²) in [6.45, 7) is 4.10. The molecule has 0 spiro atoms. The Bertz CT molecular complexity index is 610. The van der Waals surface area contributed by atoms with Crippen LogP contribution in [0.15, 0.2) is 21.1 Å². The third kappa shape index (κ3) is 3.45. The Kier molecular flexibility index (Phi) is 4.89. The Morgan fingerprint density at radius 1 is 1.45 bits per heavy atom. The van der Waals surface area contributed by atoms with Gasteiger partial charge in [0.05, 0.1) is 5.56 Å². The van der Waals surface area contributed by atoms with Crippen LogP contribution in [0.1, 0.15) is 41.0 Å². The summed E-state index contributed by atoms with van der Waals surface area (Å²) in [6, 6.07) is 3.61. The fraction of sp³-hybridized carbons (Fsp3) is 0.357. The Morgan fingerprint density at radius 2 is 2.25 bits per heavy atom. The lowest BCUT2D eigenvalue weighted by atomic mass is 10.1. The SMILES string of the molecule is CCCc1nc(COc2c(C)cc(Br)cc2C=O)no1. The van der Waals surface area contributed by atoms with Gasteiger partial charge in [-0.05, 0) is 31.0 Å². The van der Waals surface area contributed by atoms with E-state index >= 15 is 0 Å². The Morgan fingerprint density at radius 3 is 2.95 bits per heavy atom. The average molecular weight is 339 g/mol. The van der Waals surface area contributed by atoms with Crippen LogP contribution in [0.5, 0.6) is 5.75 Å². The number of benzene rings is 1. The molecule has 0 aliphatic rings. The molecule has 0 fully saturated rings. The number of carbonyl (C=O) groups excluding carboxylic acids is 1. The van der Waals surface area contributed by atoms with Gasteiger partial charge in [0.15, 0.2) is 12.9 Å². The molecule has 5 nitrogen and oxygen atoms in total. The van der Waals surface area contributed by atoms with Crippen molar-refractivity contribution >= 4 is 22.2 Å². The predicted octanol–water partition coefficient (Wildman–Crippen LogP) is 3.48. The molecule has 20 heavy (non-hydrogen) atoms. The van der Waals surface area contributed by atoms with Gasteiger partial charge in [-0.1, -0.05) is 28.0 Å². The van der Waals surface area contributed by atoms with Gasteiger partial charge in [-0.2, -0.15) is 4.98 Å². The van der Waals surface area contributed by atoms with Crippen molar-refractivity contribution in [2.24, 2.45) is 0 Å². The Labute approximate surface area is 125 Å². The maximum atomic E-state index is 11.1. The van der Waals surface area contributed by atoms with E-state index in [1.807, 2.05) is 19.9 Å². The number of hydrogen-bond acceptors (Lipinski definition) is 5. The molecule has 2 aromatic rings. The van der Waals surface area contributed by atoms with E-state index in [1.165, 1.54) is 0 Å². The third-order valence-electron chi connectivity index (χ3n) is 2.71. The van der Waals surface area contributed by atoms with Gasteiger partial charge in [-0.3, -0.25) is 4.79 Å². The first-order valence-corrected chi connectivity index (χ1v) is 7.13. The van der Waals surface area contributed by atoms with E-state index < -0.39 is 0 Å². The maximum Gasteiger partial charge on any atom is 0.226 e. The number of nitrogens with zero attached hydrogens (tertiary/aromatic N) is 2. The van der Waals surface area contributed by atoms with E-state index in [4.69, 9.17) is 9.26 Å². The molecule has 6 heteroatoms. The molecule has 0 aliphatic carbocycles. The summed E-state index contributed by atoms with van der Waals surface area (Å²) in [5.74, 6) is 1.63. The molecule has 1 aromatic carbocycles. The van der Waals surface area contributed by atoms with Gasteiger partial charge < -0.3 is 9.26 Å². The molecule has 0 saturated heterocycles. The monoisotopic (exact) mass is 338 g/mol. The highest BCUT2D eigenvalue weighted by Crippen LogP contribution is 2.27. The number of halogens is 1. The van der Waals surface area contributed by atoms with E-state index in [-0.39, 0.29) is 6.61 Å². The average Bonchev–Trinajstić information content (AvgIpc) is 2.85. The van der Waals surface area contributed by atoms with Crippen LogP contribution in [0.25, 0.3) is 0 Å². The largest absolute Gasteiger partial charge is 0.484 e. The first-order valence-electron chi connectivity index (χ1n) is 6.33. The molecule has 1 aromatic heterocycles. The summed E-state index contributed by atoms with van der Waals surface area (Å²) in [6.07, 6.45) is 2.47. The zero-order valence-corrected chi connectivity index (χ0v) is 12.9. The summed E-state index contributed by atoms with van der Waals surface area (Å²) in [5, 5.41) is 3.84. The van der Waals surface area contributed by atoms with Crippen LogP contribution in [-0.2, 0) is 13.0 Å². The lowest BCUT2D eigenvalue weighted by Gasteiger charge is -2.10. The first kappa shape index (κ1) is 14.7. The first-order chi connectivity index (χ1) is 9.63. The third-order valence-corrected chi connectivity index (χ3v) is 3.17. The zero-order valence-electron chi connectivity index (χ0n) is 11.4. The van der Waals surface area contributed by atoms with E-state index in [0.29, 0.717) is 23.0 Å². The van der Waals surface area contributed by atoms with Crippen LogP contribution in [-0.4, -0.2) is 16.4 Å². The van der Waals surface area contributed by atoms with Gasteiger partial charge in [0.1, 0.15) is 5.75 Å². The molecule has 1 heterocycles. The molecular formula is C14H15BrN2O3. The zero-order chi connectivity index (χ0) is 14.5. The van der Waals surface area contributed by atoms with Crippen molar-refractivity contribution in [3.8, 4) is 5.75 Å². The molecule has 0 atom stereocenters. The number of aldehydes is 1. The maximum absolute atomic E-state index is 11.1. The number of hydrogen-bond donors (Lipinski definition) is 0. The van der Waals surface area contributed by atoms with Crippen LogP contribution in [0.3, 0.4) is 0 Å². The van der Waals surface area contributed by atoms with E-state index in [2.05, 4.69) is 26.1 Å². The number of ether oxygens (including phenoxy) is 1. The van der Waals surface area contributed by atoms with Crippen LogP contribution >= 0.6 is 15.9 Å². The summed E-state index contributed by atoms with van der Waals surface area (Å²) in [7, 11) is 0. The molecule has 0 aliphatic heterocycles. The van der Waals surface area contributed by atoms with Gasteiger partial charge in [0.25, 0.3) is 0 Å². The molecule has 0 saturated carbocycles. The van der Waals surface area contributed by atoms with Crippen LogP contribution in [0.2, 0.25) is 0 Å². The fourth-order valence-corrected chi connectivity index (χ4v) is 2.43. The normalized spacial score (nSPS) is 10.6. The summed E-state index contributed by atoms with van der Waals surface area (Å²) >= 11 is 3.35. The van der Waals surface area contributed by atoms with Crippen molar-refractivity contribution < 1.29 is 14.1 Å². The van der Waals surface area contributed by atoms with Gasteiger partial charge >= 0.3 is 0 Å². The number of rotatable bonds is 6. The summed E-state index contributed by atoms with van der Waals surface area (Å²) in [5.41, 5.74) is 1.37. The second kappa shape index (κ2) is 6.65.